The van der Waals surface area contributed by atoms with Crippen molar-refractivity contribution in [1.82, 2.24) is 4.98 Å². The van der Waals surface area contributed by atoms with Gasteiger partial charge in [-0.1, -0.05) is 25.5 Å². The Hall–Kier alpha value is -1.57. The summed E-state index contributed by atoms with van der Waals surface area (Å²) < 4.78 is 0. The van der Waals surface area contributed by atoms with E-state index in [4.69, 9.17) is 0 Å². The number of aromatic nitrogens is 1. The standard InChI is InChI=1S/C12H13NO/c1-2-5-9-8-13-11-7-4-3-6-10(11)12(9)14/h3-4,6-8H,2,5H2,1H3,(H,13,14). The molecule has 0 saturated carbocycles. The maximum absolute atomic E-state index is 11.9. The minimum absolute atomic E-state index is 0.168. The summed E-state index contributed by atoms with van der Waals surface area (Å²) in [6.07, 6.45) is 3.68. The molecule has 0 spiro atoms. The molecule has 0 amide bonds. The minimum Gasteiger partial charge on any atom is -0.361 e. The summed E-state index contributed by atoms with van der Waals surface area (Å²) in [5.41, 5.74) is 1.96. The largest absolute Gasteiger partial charge is 0.361 e. The predicted molar refractivity (Wildman–Crippen MR) is 58.6 cm³/mol. The lowest BCUT2D eigenvalue weighted by Crippen LogP contribution is -2.09. The van der Waals surface area contributed by atoms with Gasteiger partial charge in [-0.25, -0.2) is 0 Å². The van der Waals surface area contributed by atoms with Gasteiger partial charge in [0.15, 0.2) is 5.43 Å². The van der Waals surface area contributed by atoms with E-state index in [0.717, 1.165) is 29.3 Å². The molecule has 72 valence electrons. The molecule has 0 atom stereocenters. The number of aryl methyl sites for hydroxylation is 1. The van der Waals surface area contributed by atoms with Crippen molar-refractivity contribution in [2.75, 3.05) is 0 Å². The first kappa shape index (κ1) is 9.00. The number of rotatable bonds is 2. The normalized spacial score (nSPS) is 10.6. The lowest BCUT2D eigenvalue weighted by Gasteiger charge is -2.00. The second-order valence-electron chi connectivity index (χ2n) is 3.44. The van der Waals surface area contributed by atoms with Crippen molar-refractivity contribution < 1.29 is 0 Å². The summed E-state index contributed by atoms with van der Waals surface area (Å²) in [5, 5.41) is 0.790. The van der Waals surface area contributed by atoms with Crippen LogP contribution in [0.2, 0.25) is 0 Å². The smallest absolute Gasteiger partial charge is 0.192 e. The van der Waals surface area contributed by atoms with E-state index in [1.807, 2.05) is 30.5 Å². The molecular weight excluding hydrogens is 174 g/mol. The number of hydrogen-bond acceptors (Lipinski definition) is 1. The van der Waals surface area contributed by atoms with Crippen LogP contribution in [-0.2, 0) is 6.42 Å². The van der Waals surface area contributed by atoms with Gasteiger partial charge in [-0.05, 0) is 18.6 Å². The van der Waals surface area contributed by atoms with E-state index < -0.39 is 0 Å². The van der Waals surface area contributed by atoms with Crippen molar-refractivity contribution in [2.45, 2.75) is 19.8 Å². The maximum Gasteiger partial charge on any atom is 0.192 e. The van der Waals surface area contributed by atoms with Crippen molar-refractivity contribution in [3.05, 3.63) is 46.2 Å². The van der Waals surface area contributed by atoms with Crippen LogP contribution < -0.4 is 5.43 Å². The Morgan fingerprint density at radius 2 is 2.07 bits per heavy atom. The van der Waals surface area contributed by atoms with Gasteiger partial charge in [0.25, 0.3) is 0 Å². The molecule has 0 aliphatic rings. The summed E-state index contributed by atoms with van der Waals surface area (Å²) in [7, 11) is 0. The predicted octanol–water partition coefficient (Wildman–Crippen LogP) is 2.48. The number of fused-ring (bicyclic) bond motifs is 1. The fraction of sp³-hybridized carbons (Fsp3) is 0.250. The van der Waals surface area contributed by atoms with Gasteiger partial charge in [0, 0.05) is 22.7 Å². The van der Waals surface area contributed by atoms with Crippen molar-refractivity contribution >= 4 is 10.9 Å². The van der Waals surface area contributed by atoms with E-state index in [1.165, 1.54) is 0 Å². The van der Waals surface area contributed by atoms with Gasteiger partial charge in [0.05, 0.1) is 0 Å². The van der Waals surface area contributed by atoms with E-state index in [0.29, 0.717) is 0 Å². The quantitative estimate of drug-likeness (QED) is 0.769. The van der Waals surface area contributed by atoms with E-state index in [2.05, 4.69) is 11.9 Å². The zero-order chi connectivity index (χ0) is 9.97. The van der Waals surface area contributed by atoms with Crippen LogP contribution in [0.3, 0.4) is 0 Å². The lowest BCUT2D eigenvalue weighted by atomic mass is 10.1. The first-order chi connectivity index (χ1) is 6.83. The number of hydrogen-bond donors (Lipinski definition) is 1. The molecule has 0 radical (unpaired) electrons. The number of nitrogens with one attached hydrogen (secondary N) is 1. The Morgan fingerprint density at radius 1 is 1.29 bits per heavy atom. The Labute approximate surface area is 82.6 Å². The SMILES string of the molecule is CCCc1c[nH]c2ccccc2c1=O. The summed E-state index contributed by atoms with van der Waals surface area (Å²) in [5.74, 6) is 0. The Bertz CT molecular complexity index is 499. The van der Waals surface area contributed by atoms with Crippen LogP contribution in [0.15, 0.2) is 35.3 Å². The average molecular weight is 187 g/mol. The highest BCUT2D eigenvalue weighted by molar-refractivity contribution is 5.78. The number of H-pyrrole nitrogens is 1. The van der Waals surface area contributed by atoms with Gasteiger partial charge in [0.1, 0.15) is 0 Å². The number of benzene rings is 1. The third kappa shape index (κ3) is 1.43. The molecule has 2 heteroatoms. The molecule has 0 fully saturated rings. The third-order valence-electron chi connectivity index (χ3n) is 2.38. The van der Waals surface area contributed by atoms with E-state index in [1.54, 1.807) is 0 Å². The van der Waals surface area contributed by atoms with Gasteiger partial charge in [0.2, 0.25) is 0 Å². The fourth-order valence-electron chi connectivity index (χ4n) is 1.67. The van der Waals surface area contributed by atoms with Crippen molar-refractivity contribution in [3.8, 4) is 0 Å². The van der Waals surface area contributed by atoms with Crippen LogP contribution in [0.1, 0.15) is 18.9 Å². The van der Waals surface area contributed by atoms with Gasteiger partial charge >= 0.3 is 0 Å². The molecule has 2 nitrogen and oxygen atoms in total. The molecule has 1 aromatic heterocycles. The van der Waals surface area contributed by atoms with E-state index in [-0.39, 0.29) is 5.43 Å². The van der Waals surface area contributed by atoms with Crippen LogP contribution >= 0.6 is 0 Å². The van der Waals surface area contributed by atoms with E-state index in [9.17, 15) is 4.79 Å². The minimum atomic E-state index is 0.168. The molecule has 1 heterocycles. The van der Waals surface area contributed by atoms with Crippen LogP contribution in [0.5, 0.6) is 0 Å². The van der Waals surface area contributed by atoms with Crippen LogP contribution in [0.25, 0.3) is 10.9 Å². The highest BCUT2D eigenvalue weighted by Crippen LogP contribution is 2.07. The van der Waals surface area contributed by atoms with Gasteiger partial charge in [-0.2, -0.15) is 0 Å². The molecule has 1 aromatic carbocycles. The molecule has 2 rings (SSSR count). The molecule has 0 aliphatic heterocycles. The van der Waals surface area contributed by atoms with Gasteiger partial charge < -0.3 is 4.98 Å². The second kappa shape index (κ2) is 3.66. The molecule has 0 bridgehead atoms. The maximum atomic E-state index is 11.9. The summed E-state index contributed by atoms with van der Waals surface area (Å²) in [6, 6.07) is 7.62. The lowest BCUT2D eigenvalue weighted by molar-refractivity contribution is 0.910. The summed E-state index contributed by atoms with van der Waals surface area (Å²) >= 11 is 0. The Balaban J connectivity index is 2.69. The molecule has 0 saturated heterocycles. The number of aromatic amines is 1. The second-order valence-corrected chi connectivity index (χ2v) is 3.44. The molecule has 0 unspecified atom stereocenters. The van der Waals surface area contributed by atoms with Gasteiger partial charge in [-0.15, -0.1) is 0 Å². The average Bonchev–Trinajstić information content (AvgIpc) is 2.23. The molecule has 0 aliphatic carbocycles. The Kier molecular flexibility index (Phi) is 2.35. The number of para-hydroxylation sites is 1. The molecule has 1 N–H and O–H groups in total. The van der Waals surface area contributed by atoms with Crippen LogP contribution in [-0.4, -0.2) is 4.98 Å². The molecule has 2 aromatic rings. The van der Waals surface area contributed by atoms with Crippen molar-refractivity contribution in [3.63, 3.8) is 0 Å². The van der Waals surface area contributed by atoms with Crippen molar-refractivity contribution in [1.29, 1.82) is 0 Å². The first-order valence-electron chi connectivity index (χ1n) is 4.92. The molecular formula is C12H13NO. The highest BCUT2D eigenvalue weighted by atomic mass is 16.1. The Morgan fingerprint density at radius 3 is 2.86 bits per heavy atom. The molecule has 14 heavy (non-hydrogen) atoms. The zero-order valence-corrected chi connectivity index (χ0v) is 8.21. The monoisotopic (exact) mass is 187 g/mol. The zero-order valence-electron chi connectivity index (χ0n) is 8.21. The fourth-order valence-corrected chi connectivity index (χ4v) is 1.67. The van der Waals surface area contributed by atoms with Crippen molar-refractivity contribution in [2.24, 2.45) is 0 Å². The van der Waals surface area contributed by atoms with Crippen LogP contribution in [0, 0.1) is 0 Å². The van der Waals surface area contributed by atoms with Crippen LogP contribution in [0.4, 0.5) is 0 Å². The number of pyridine rings is 1. The topological polar surface area (TPSA) is 32.9 Å². The van der Waals surface area contributed by atoms with E-state index >= 15 is 0 Å². The first-order valence-corrected chi connectivity index (χ1v) is 4.92. The third-order valence-corrected chi connectivity index (χ3v) is 2.38. The highest BCUT2D eigenvalue weighted by Gasteiger charge is 2.02. The summed E-state index contributed by atoms with van der Waals surface area (Å²) in [6.45, 7) is 2.08. The van der Waals surface area contributed by atoms with Gasteiger partial charge in [-0.3, -0.25) is 4.79 Å². The summed E-state index contributed by atoms with van der Waals surface area (Å²) in [4.78, 5) is 15.0.